The number of H-pyrrole nitrogens is 1. The summed E-state index contributed by atoms with van der Waals surface area (Å²) in [5.74, 6) is 0. The van der Waals surface area contributed by atoms with E-state index in [1.54, 1.807) is 18.6 Å². The SMILES string of the molecule is c1cnc2nc3c(cnc4[nH]ncc43)cc2c1. The minimum atomic E-state index is 0.744. The van der Waals surface area contributed by atoms with Gasteiger partial charge in [-0.3, -0.25) is 5.10 Å². The molecule has 5 heteroatoms. The summed E-state index contributed by atoms with van der Waals surface area (Å²) < 4.78 is 0. The maximum atomic E-state index is 4.57. The Balaban J connectivity index is 2.29. The van der Waals surface area contributed by atoms with Gasteiger partial charge in [-0.15, -0.1) is 0 Å². The second-order valence-electron chi connectivity index (χ2n) is 3.87. The second kappa shape index (κ2) is 2.98. The number of nitrogens with one attached hydrogen (secondary N) is 1. The van der Waals surface area contributed by atoms with Gasteiger partial charge in [0.1, 0.15) is 0 Å². The maximum absolute atomic E-state index is 4.57. The van der Waals surface area contributed by atoms with E-state index in [9.17, 15) is 0 Å². The molecule has 4 aromatic heterocycles. The van der Waals surface area contributed by atoms with Crippen LogP contribution in [0.5, 0.6) is 0 Å². The summed E-state index contributed by atoms with van der Waals surface area (Å²) in [5.41, 5.74) is 2.38. The second-order valence-corrected chi connectivity index (χ2v) is 3.87. The van der Waals surface area contributed by atoms with Gasteiger partial charge in [0.15, 0.2) is 11.3 Å². The summed E-state index contributed by atoms with van der Waals surface area (Å²) in [6, 6.07) is 5.94. The number of hydrogen-bond donors (Lipinski definition) is 1. The first-order valence-corrected chi connectivity index (χ1v) is 5.25. The Morgan fingerprint density at radius 3 is 3.06 bits per heavy atom. The topological polar surface area (TPSA) is 67.3 Å². The summed E-state index contributed by atoms with van der Waals surface area (Å²) >= 11 is 0. The molecule has 0 unspecified atom stereocenters. The van der Waals surface area contributed by atoms with Crippen LogP contribution in [0.2, 0.25) is 0 Å². The van der Waals surface area contributed by atoms with Crippen LogP contribution < -0.4 is 0 Å². The van der Waals surface area contributed by atoms with Crippen LogP contribution in [0.4, 0.5) is 0 Å². The van der Waals surface area contributed by atoms with E-state index >= 15 is 0 Å². The van der Waals surface area contributed by atoms with Crippen molar-refractivity contribution in [2.75, 3.05) is 0 Å². The molecule has 0 spiro atoms. The van der Waals surface area contributed by atoms with Gasteiger partial charge in [0.25, 0.3) is 0 Å². The Morgan fingerprint density at radius 1 is 1.06 bits per heavy atom. The van der Waals surface area contributed by atoms with Gasteiger partial charge in [-0.2, -0.15) is 5.10 Å². The number of aromatic amines is 1. The summed E-state index contributed by atoms with van der Waals surface area (Å²) in [7, 11) is 0. The lowest BCUT2D eigenvalue weighted by Gasteiger charge is -2.00. The average molecular weight is 221 g/mol. The number of nitrogens with zero attached hydrogens (tertiary/aromatic N) is 4. The zero-order valence-electron chi connectivity index (χ0n) is 8.75. The van der Waals surface area contributed by atoms with E-state index in [-0.39, 0.29) is 0 Å². The zero-order chi connectivity index (χ0) is 11.2. The van der Waals surface area contributed by atoms with Crippen LogP contribution in [-0.4, -0.2) is 25.1 Å². The lowest BCUT2D eigenvalue weighted by atomic mass is 10.2. The van der Waals surface area contributed by atoms with Crippen LogP contribution in [-0.2, 0) is 0 Å². The summed E-state index contributed by atoms with van der Waals surface area (Å²) in [6.07, 6.45) is 5.29. The number of rotatable bonds is 0. The minimum Gasteiger partial charge on any atom is -0.261 e. The van der Waals surface area contributed by atoms with E-state index in [0.717, 1.165) is 33.0 Å². The van der Waals surface area contributed by atoms with Crippen LogP contribution >= 0.6 is 0 Å². The minimum absolute atomic E-state index is 0.744. The van der Waals surface area contributed by atoms with Crippen molar-refractivity contribution < 1.29 is 0 Å². The van der Waals surface area contributed by atoms with E-state index in [1.807, 2.05) is 18.2 Å². The lowest BCUT2D eigenvalue weighted by molar-refractivity contribution is 1.10. The van der Waals surface area contributed by atoms with Gasteiger partial charge in [0.05, 0.1) is 17.1 Å². The number of hydrogen-bond acceptors (Lipinski definition) is 4. The van der Waals surface area contributed by atoms with Crippen molar-refractivity contribution in [2.24, 2.45) is 0 Å². The quantitative estimate of drug-likeness (QED) is 0.461. The molecule has 0 aromatic carbocycles. The molecule has 0 aliphatic rings. The van der Waals surface area contributed by atoms with Crippen LogP contribution in [0, 0.1) is 0 Å². The van der Waals surface area contributed by atoms with Crippen molar-refractivity contribution in [1.29, 1.82) is 0 Å². The summed E-state index contributed by atoms with van der Waals surface area (Å²) in [6.45, 7) is 0. The van der Waals surface area contributed by atoms with E-state index in [4.69, 9.17) is 0 Å². The lowest BCUT2D eigenvalue weighted by Crippen LogP contribution is -1.87. The van der Waals surface area contributed by atoms with Gasteiger partial charge in [-0.25, -0.2) is 15.0 Å². The van der Waals surface area contributed by atoms with Gasteiger partial charge < -0.3 is 0 Å². The fraction of sp³-hybridized carbons (Fsp3) is 0. The first-order valence-electron chi connectivity index (χ1n) is 5.25. The Labute approximate surface area is 95.5 Å². The van der Waals surface area contributed by atoms with Crippen molar-refractivity contribution in [2.45, 2.75) is 0 Å². The summed E-state index contributed by atoms with van der Waals surface area (Å²) in [5, 5.41) is 9.77. The number of pyridine rings is 3. The molecule has 1 N–H and O–H groups in total. The van der Waals surface area contributed by atoms with Gasteiger partial charge >= 0.3 is 0 Å². The third kappa shape index (κ3) is 1.13. The molecule has 17 heavy (non-hydrogen) atoms. The van der Waals surface area contributed by atoms with Gasteiger partial charge in [0, 0.05) is 23.2 Å². The van der Waals surface area contributed by atoms with Crippen LogP contribution in [0.3, 0.4) is 0 Å². The first-order chi connectivity index (χ1) is 8.42. The highest BCUT2D eigenvalue weighted by Crippen LogP contribution is 2.22. The molecule has 4 rings (SSSR count). The Bertz CT molecular complexity index is 849. The molecule has 0 atom stereocenters. The molecule has 0 fully saturated rings. The molecule has 4 heterocycles. The Kier molecular flexibility index (Phi) is 1.50. The van der Waals surface area contributed by atoms with E-state index < -0.39 is 0 Å². The fourth-order valence-corrected chi connectivity index (χ4v) is 2.02. The Hall–Kier alpha value is -2.56. The van der Waals surface area contributed by atoms with E-state index in [0.29, 0.717) is 0 Å². The highest BCUT2D eigenvalue weighted by Gasteiger charge is 2.06. The molecule has 0 aliphatic heterocycles. The standard InChI is InChI=1S/C12H7N5/c1-2-7-4-8-5-14-12-9(6-15-17-12)10(8)16-11(7)13-3-1/h1-6H,(H,14,15,17). The molecule has 0 bridgehead atoms. The van der Waals surface area contributed by atoms with Crippen molar-refractivity contribution in [1.82, 2.24) is 25.1 Å². The third-order valence-electron chi connectivity index (χ3n) is 2.83. The molecule has 4 aromatic rings. The Morgan fingerprint density at radius 2 is 2.06 bits per heavy atom. The third-order valence-corrected chi connectivity index (χ3v) is 2.83. The first kappa shape index (κ1) is 8.58. The van der Waals surface area contributed by atoms with Crippen molar-refractivity contribution in [3.8, 4) is 0 Å². The normalized spacial score (nSPS) is 11.5. The van der Waals surface area contributed by atoms with E-state index in [2.05, 4.69) is 25.1 Å². The molecule has 0 aliphatic carbocycles. The maximum Gasteiger partial charge on any atom is 0.159 e. The zero-order valence-corrected chi connectivity index (χ0v) is 8.75. The monoisotopic (exact) mass is 221 g/mol. The molecule has 0 saturated carbocycles. The number of fused-ring (bicyclic) bond motifs is 4. The molecule has 0 amide bonds. The van der Waals surface area contributed by atoms with E-state index in [1.165, 1.54) is 0 Å². The van der Waals surface area contributed by atoms with Crippen molar-refractivity contribution in [3.63, 3.8) is 0 Å². The van der Waals surface area contributed by atoms with Crippen LogP contribution in [0.1, 0.15) is 0 Å². The van der Waals surface area contributed by atoms with Crippen molar-refractivity contribution in [3.05, 3.63) is 36.8 Å². The highest BCUT2D eigenvalue weighted by molar-refractivity contribution is 6.04. The van der Waals surface area contributed by atoms with Crippen LogP contribution in [0.25, 0.3) is 33.0 Å². The smallest absolute Gasteiger partial charge is 0.159 e. The average Bonchev–Trinajstić information content (AvgIpc) is 2.85. The van der Waals surface area contributed by atoms with Gasteiger partial charge in [0.2, 0.25) is 0 Å². The van der Waals surface area contributed by atoms with Crippen LogP contribution in [0.15, 0.2) is 36.8 Å². The largest absolute Gasteiger partial charge is 0.261 e. The molecular weight excluding hydrogens is 214 g/mol. The molecule has 0 saturated heterocycles. The molecule has 0 radical (unpaired) electrons. The fourth-order valence-electron chi connectivity index (χ4n) is 2.02. The molecular formula is C12H7N5. The summed E-state index contributed by atoms with van der Waals surface area (Å²) in [4.78, 5) is 13.1. The molecule has 5 nitrogen and oxygen atoms in total. The predicted molar refractivity (Wildman–Crippen MR) is 64.5 cm³/mol. The van der Waals surface area contributed by atoms with Gasteiger partial charge in [-0.05, 0) is 18.2 Å². The molecule has 80 valence electrons. The van der Waals surface area contributed by atoms with Crippen molar-refractivity contribution >= 4 is 33.0 Å². The van der Waals surface area contributed by atoms with Gasteiger partial charge in [-0.1, -0.05) is 0 Å². The predicted octanol–water partition coefficient (Wildman–Crippen LogP) is 2.05. The highest BCUT2D eigenvalue weighted by atomic mass is 15.1. The number of aromatic nitrogens is 5.